The summed E-state index contributed by atoms with van der Waals surface area (Å²) < 4.78 is 0. The first-order chi connectivity index (χ1) is 11.0. The summed E-state index contributed by atoms with van der Waals surface area (Å²) in [5.41, 5.74) is 3.01. The molecule has 0 radical (unpaired) electrons. The molecule has 1 aliphatic rings. The molecule has 23 heavy (non-hydrogen) atoms. The molecule has 1 amide bonds. The number of amides is 1. The first-order valence-corrected chi connectivity index (χ1v) is 7.66. The maximum atomic E-state index is 12.7. The van der Waals surface area contributed by atoms with Crippen molar-refractivity contribution in [2.75, 3.05) is 11.4 Å². The highest BCUT2D eigenvalue weighted by Gasteiger charge is 2.26. The Bertz CT molecular complexity index is 740. The Morgan fingerprint density at radius 2 is 1.91 bits per heavy atom. The number of anilines is 1. The van der Waals surface area contributed by atoms with Gasteiger partial charge in [0.1, 0.15) is 0 Å². The van der Waals surface area contributed by atoms with Crippen LogP contribution in [0.15, 0.2) is 48.5 Å². The van der Waals surface area contributed by atoms with E-state index in [9.17, 15) is 14.9 Å². The fourth-order valence-electron chi connectivity index (χ4n) is 3.04. The van der Waals surface area contributed by atoms with Crippen molar-refractivity contribution >= 4 is 17.3 Å². The summed E-state index contributed by atoms with van der Waals surface area (Å²) in [7, 11) is 0. The summed E-state index contributed by atoms with van der Waals surface area (Å²) >= 11 is 0. The third kappa shape index (κ3) is 3.23. The van der Waals surface area contributed by atoms with Crippen LogP contribution in [0.1, 0.15) is 18.1 Å². The standard InChI is InChI=1S/C18H18N2O3/c1-13-10-15-4-2-3-5-17(15)19(12-13)18(21)11-14-6-8-16(9-7-14)20(22)23/h2-9,13H,10-12H2,1H3. The molecule has 0 N–H and O–H groups in total. The zero-order chi connectivity index (χ0) is 16.4. The molecule has 5 nitrogen and oxygen atoms in total. The van der Waals surface area contributed by atoms with Crippen molar-refractivity contribution in [3.63, 3.8) is 0 Å². The van der Waals surface area contributed by atoms with E-state index in [1.165, 1.54) is 17.7 Å². The fraction of sp³-hybridized carbons (Fsp3) is 0.278. The van der Waals surface area contributed by atoms with Gasteiger partial charge in [0, 0.05) is 24.4 Å². The van der Waals surface area contributed by atoms with Gasteiger partial charge in [-0.3, -0.25) is 14.9 Å². The summed E-state index contributed by atoms with van der Waals surface area (Å²) in [5.74, 6) is 0.448. The van der Waals surface area contributed by atoms with E-state index in [2.05, 4.69) is 13.0 Å². The molecule has 1 heterocycles. The molecule has 3 rings (SSSR count). The highest BCUT2D eigenvalue weighted by atomic mass is 16.6. The minimum absolute atomic E-state index is 0.0258. The second-order valence-corrected chi connectivity index (χ2v) is 6.04. The monoisotopic (exact) mass is 310 g/mol. The number of benzene rings is 2. The van der Waals surface area contributed by atoms with Crippen LogP contribution in [0.25, 0.3) is 0 Å². The van der Waals surface area contributed by atoms with Gasteiger partial charge in [0.05, 0.1) is 11.3 Å². The van der Waals surface area contributed by atoms with Crippen LogP contribution in [0.2, 0.25) is 0 Å². The van der Waals surface area contributed by atoms with E-state index in [1.807, 2.05) is 23.1 Å². The SMILES string of the molecule is CC1Cc2ccccc2N(C(=O)Cc2ccc([N+](=O)[O-])cc2)C1. The van der Waals surface area contributed by atoms with Crippen LogP contribution >= 0.6 is 0 Å². The molecule has 1 aliphatic heterocycles. The van der Waals surface area contributed by atoms with Crippen molar-refractivity contribution in [3.8, 4) is 0 Å². The second-order valence-electron chi connectivity index (χ2n) is 6.04. The van der Waals surface area contributed by atoms with Crippen LogP contribution in [0.4, 0.5) is 11.4 Å². The first-order valence-electron chi connectivity index (χ1n) is 7.66. The van der Waals surface area contributed by atoms with Gasteiger partial charge in [0.2, 0.25) is 5.91 Å². The smallest absolute Gasteiger partial charge is 0.269 e. The number of non-ortho nitro benzene ring substituents is 1. The van der Waals surface area contributed by atoms with Gasteiger partial charge in [0.25, 0.3) is 5.69 Å². The molecular formula is C18H18N2O3. The van der Waals surface area contributed by atoms with Crippen LogP contribution in [0.5, 0.6) is 0 Å². The van der Waals surface area contributed by atoms with Crippen LogP contribution in [-0.2, 0) is 17.6 Å². The summed E-state index contributed by atoms with van der Waals surface area (Å²) in [6.45, 7) is 2.85. The molecule has 5 heteroatoms. The summed E-state index contributed by atoms with van der Waals surface area (Å²) in [5, 5.41) is 10.7. The van der Waals surface area contributed by atoms with Crippen molar-refractivity contribution < 1.29 is 9.72 Å². The van der Waals surface area contributed by atoms with Crippen LogP contribution in [0.3, 0.4) is 0 Å². The lowest BCUT2D eigenvalue weighted by Gasteiger charge is -2.33. The summed E-state index contributed by atoms with van der Waals surface area (Å²) in [6, 6.07) is 14.2. The van der Waals surface area contributed by atoms with E-state index in [0.29, 0.717) is 12.5 Å². The van der Waals surface area contributed by atoms with Crippen molar-refractivity contribution in [1.29, 1.82) is 0 Å². The molecule has 0 saturated heterocycles. The topological polar surface area (TPSA) is 63.5 Å². The van der Waals surface area contributed by atoms with E-state index in [4.69, 9.17) is 0 Å². The molecule has 2 aromatic rings. The van der Waals surface area contributed by atoms with E-state index in [1.54, 1.807) is 12.1 Å². The quantitative estimate of drug-likeness (QED) is 0.645. The Hall–Kier alpha value is -2.69. The average molecular weight is 310 g/mol. The molecular weight excluding hydrogens is 292 g/mol. The highest BCUT2D eigenvalue weighted by molar-refractivity contribution is 5.96. The molecule has 1 unspecified atom stereocenters. The zero-order valence-corrected chi connectivity index (χ0v) is 12.9. The van der Waals surface area contributed by atoms with E-state index in [-0.39, 0.29) is 18.0 Å². The number of carbonyl (C=O) groups is 1. The molecule has 0 spiro atoms. The molecule has 0 bridgehead atoms. The number of nitro groups is 1. The Morgan fingerprint density at radius 1 is 1.22 bits per heavy atom. The maximum Gasteiger partial charge on any atom is 0.269 e. The van der Waals surface area contributed by atoms with Gasteiger partial charge in [-0.1, -0.05) is 37.3 Å². The third-order valence-corrected chi connectivity index (χ3v) is 4.15. The number of nitrogens with zero attached hydrogens (tertiary/aromatic N) is 2. The third-order valence-electron chi connectivity index (χ3n) is 4.15. The number of para-hydroxylation sites is 1. The first kappa shape index (κ1) is 15.2. The molecule has 0 aliphatic carbocycles. The molecule has 0 fully saturated rings. The van der Waals surface area contributed by atoms with Gasteiger partial charge in [0.15, 0.2) is 0 Å². The normalized spacial score (nSPS) is 16.7. The largest absolute Gasteiger partial charge is 0.312 e. The van der Waals surface area contributed by atoms with E-state index >= 15 is 0 Å². The lowest BCUT2D eigenvalue weighted by Crippen LogP contribution is -2.40. The molecule has 0 aromatic heterocycles. The number of fused-ring (bicyclic) bond motifs is 1. The van der Waals surface area contributed by atoms with E-state index < -0.39 is 4.92 Å². The van der Waals surface area contributed by atoms with Crippen LogP contribution < -0.4 is 4.90 Å². The molecule has 0 saturated carbocycles. The average Bonchev–Trinajstić information content (AvgIpc) is 2.54. The Balaban J connectivity index is 1.79. The van der Waals surface area contributed by atoms with Gasteiger partial charge in [-0.2, -0.15) is 0 Å². The molecule has 1 atom stereocenters. The number of carbonyl (C=O) groups excluding carboxylic acids is 1. The van der Waals surface area contributed by atoms with Gasteiger partial charge >= 0.3 is 0 Å². The van der Waals surface area contributed by atoms with Crippen LogP contribution in [-0.4, -0.2) is 17.4 Å². The Labute approximate surface area is 134 Å². The van der Waals surface area contributed by atoms with Gasteiger partial charge in [-0.05, 0) is 29.5 Å². The molecule has 2 aromatic carbocycles. The highest BCUT2D eigenvalue weighted by Crippen LogP contribution is 2.30. The minimum Gasteiger partial charge on any atom is -0.312 e. The zero-order valence-electron chi connectivity index (χ0n) is 12.9. The number of nitro benzene ring substituents is 1. The summed E-state index contributed by atoms with van der Waals surface area (Å²) in [6.07, 6.45) is 1.23. The lowest BCUT2D eigenvalue weighted by molar-refractivity contribution is -0.384. The van der Waals surface area contributed by atoms with Gasteiger partial charge in [-0.15, -0.1) is 0 Å². The molecule has 118 valence electrons. The Kier molecular flexibility index (Phi) is 4.10. The van der Waals surface area contributed by atoms with E-state index in [0.717, 1.165) is 17.7 Å². The summed E-state index contributed by atoms with van der Waals surface area (Å²) in [4.78, 5) is 24.8. The van der Waals surface area contributed by atoms with Gasteiger partial charge in [-0.25, -0.2) is 0 Å². The van der Waals surface area contributed by atoms with Crippen molar-refractivity contribution in [2.45, 2.75) is 19.8 Å². The number of hydrogen-bond donors (Lipinski definition) is 0. The fourth-order valence-corrected chi connectivity index (χ4v) is 3.04. The van der Waals surface area contributed by atoms with Crippen molar-refractivity contribution in [1.82, 2.24) is 0 Å². The number of rotatable bonds is 3. The van der Waals surface area contributed by atoms with Crippen molar-refractivity contribution in [2.24, 2.45) is 5.92 Å². The lowest BCUT2D eigenvalue weighted by atomic mass is 9.93. The number of hydrogen-bond acceptors (Lipinski definition) is 3. The predicted octanol–water partition coefficient (Wildman–Crippen LogP) is 3.36. The predicted molar refractivity (Wildman–Crippen MR) is 88.5 cm³/mol. The Morgan fingerprint density at radius 3 is 2.61 bits per heavy atom. The minimum atomic E-state index is -0.436. The van der Waals surface area contributed by atoms with Crippen LogP contribution in [0, 0.1) is 16.0 Å². The van der Waals surface area contributed by atoms with Crippen molar-refractivity contribution in [3.05, 3.63) is 69.8 Å². The van der Waals surface area contributed by atoms with Gasteiger partial charge < -0.3 is 4.90 Å². The maximum absolute atomic E-state index is 12.7. The second kappa shape index (κ2) is 6.20.